The minimum atomic E-state index is -0.0285. The minimum Gasteiger partial charge on any atom is -0.355 e. The lowest BCUT2D eigenvalue weighted by molar-refractivity contribution is -0.118. The molecule has 1 N–H and O–H groups in total. The summed E-state index contributed by atoms with van der Waals surface area (Å²) in [5.74, 6) is 0.512. The summed E-state index contributed by atoms with van der Waals surface area (Å²) in [7, 11) is 0. The molecule has 0 fully saturated rings. The fourth-order valence-corrected chi connectivity index (χ4v) is 3.51. The zero-order chi connectivity index (χ0) is 19.2. The van der Waals surface area contributed by atoms with Gasteiger partial charge in [0.2, 0.25) is 5.91 Å². The van der Waals surface area contributed by atoms with Crippen LogP contribution in [0.1, 0.15) is 24.0 Å². The van der Waals surface area contributed by atoms with E-state index < -0.39 is 0 Å². The topological polar surface area (TPSA) is 59.8 Å². The van der Waals surface area contributed by atoms with Crippen LogP contribution >= 0.6 is 23.4 Å². The van der Waals surface area contributed by atoms with Gasteiger partial charge >= 0.3 is 0 Å². The Morgan fingerprint density at radius 2 is 2.04 bits per heavy atom. The van der Waals surface area contributed by atoms with E-state index in [-0.39, 0.29) is 17.6 Å². The second-order valence-corrected chi connectivity index (χ2v) is 7.67. The molecule has 0 aliphatic rings. The molecule has 3 aromatic rings. The maximum Gasteiger partial charge on any atom is 0.230 e. The average Bonchev–Trinajstić information content (AvgIpc) is 3.16. The van der Waals surface area contributed by atoms with Crippen LogP contribution in [0.2, 0.25) is 5.02 Å². The maximum atomic E-state index is 12.2. The summed E-state index contributed by atoms with van der Waals surface area (Å²) in [6.07, 6.45) is 1.62. The lowest BCUT2D eigenvalue weighted by Crippen LogP contribution is -2.29. The van der Waals surface area contributed by atoms with E-state index in [9.17, 15) is 4.79 Å². The van der Waals surface area contributed by atoms with Gasteiger partial charge in [-0.2, -0.15) is 0 Å². The van der Waals surface area contributed by atoms with Crippen LogP contribution in [0.3, 0.4) is 0 Å². The fraction of sp³-hybridized carbons (Fsp3) is 0.250. The van der Waals surface area contributed by atoms with Crippen LogP contribution in [0.15, 0.2) is 60.0 Å². The summed E-state index contributed by atoms with van der Waals surface area (Å²) in [6.45, 7) is 4.65. The molecule has 0 radical (unpaired) electrons. The number of thioether (sulfide) groups is 1. The van der Waals surface area contributed by atoms with Gasteiger partial charge in [-0.25, -0.2) is 0 Å². The van der Waals surface area contributed by atoms with Gasteiger partial charge in [0.05, 0.1) is 11.4 Å². The van der Waals surface area contributed by atoms with Gasteiger partial charge in [-0.1, -0.05) is 66.7 Å². The largest absolute Gasteiger partial charge is 0.355 e. The molecule has 1 aromatic heterocycles. The molecule has 0 aliphatic heterocycles. The van der Waals surface area contributed by atoms with E-state index in [1.54, 1.807) is 6.33 Å². The molecular weight excluding hydrogens is 380 g/mol. The standard InChI is InChI=1S/C20H21ClN4OS/c1-14-8-9-17(10-18(14)21)25-13-23-24-20(25)27-12-19(26)22-11-15(2)16-6-4-3-5-7-16/h3-10,13,15H,11-12H2,1-2H3,(H,22,26). The van der Waals surface area contributed by atoms with Crippen molar-refractivity contribution in [1.29, 1.82) is 0 Å². The summed E-state index contributed by atoms with van der Waals surface area (Å²) < 4.78 is 1.83. The second kappa shape index (κ2) is 9.06. The van der Waals surface area contributed by atoms with Crippen LogP contribution in [0.5, 0.6) is 0 Å². The summed E-state index contributed by atoms with van der Waals surface area (Å²) in [6, 6.07) is 15.9. The second-order valence-electron chi connectivity index (χ2n) is 6.32. The highest BCUT2D eigenvalue weighted by Gasteiger charge is 2.12. The predicted molar refractivity (Wildman–Crippen MR) is 110 cm³/mol. The van der Waals surface area contributed by atoms with Crippen molar-refractivity contribution in [1.82, 2.24) is 20.1 Å². The van der Waals surface area contributed by atoms with E-state index >= 15 is 0 Å². The molecule has 3 rings (SSSR count). The van der Waals surface area contributed by atoms with Crippen LogP contribution in [0, 0.1) is 6.92 Å². The first-order valence-corrected chi connectivity index (χ1v) is 10.0. The van der Waals surface area contributed by atoms with E-state index in [0.717, 1.165) is 11.3 Å². The van der Waals surface area contributed by atoms with Gasteiger partial charge < -0.3 is 5.32 Å². The van der Waals surface area contributed by atoms with Crippen LogP contribution in [-0.2, 0) is 4.79 Å². The number of halogens is 1. The van der Waals surface area contributed by atoms with Crippen LogP contribution in [-0.4, -0.2) is 33.0 Å². The summed E-state index contributed by atoms with van der Waals surface area (Å²) >= 11 is 7.56. The molecule has 0 saturated carbocycles. The van der Waals surface area contributed by atoms with E-state index in [4.69, 9.17) is 11.6 Å². The number of hydrogen-bond acceptors (Lipinski definition) is 4. The first kappa shape index (κ1) is 19.5. The molecule has 0 aliphatic carbocycles. The Balaban J connectivity index is 1.55. The molecule has 2 aromatic carbocycles. The molecule has 0 saturated heterocycles. The van der Waals surface area contributed by atoms with Crippen molar-refractivity contribution in [2.45, 2.75) is 24.9 Å². The van der Waals surface area contributed by atoms with Gasteiger partial charge in [-0.3, -0.25) is 9.36 Å². The van der Waals surface area contributed by atoms with Gasteiger partial charge in [-0.15, -0.1) is 10.2 Å². The molecule has 7 heteroatoms. The molecule has 1 atom stereocenters. The third kappa shape index (κ3) is 5.11. The molecule has 1 amide bonds. The highest BCUT2D eigenvalue weighted by Crippen LogP contribution is 2.23. The highest BCUT2D eigenvalue weighted by atomic mass is 35.5. The van der Waals surface area contributed by atoms with E-state index in [1.807, 2.05) is 47.9 Å². The molecule has 140 valence electrons. The number of benzene rings is 2. The highest BCUT2D eigenvalue weighted by molar-refractivity contribution is 7.99. The van der Waals surface area contributed by atoms with Crippen molar-refractivity contribution in [3.63, 3.8) is 0 Å². The number of carbonyl (C=O) groups is 1. The van der Waals surface area contributed by atoms with Gasteiger partial charge in [0.1, 0.15) is 6.33 Å². The van der Waals surface area contributed by atoms with Gasteiger partial charge in [0.25, 0.3) is 0 Å². The summed E-state index contributed by atoms with van der Waals surface area (Å²) in [5, 5.41) is 12.4. The lowest BCUT2D eigenvalue weighted by atomic mass is 10.0. The average molecular weight is 401 g/mol. The third-order valence-corrected chi connectivity index (χ3v) is 5.61. The Morgan fingerprint density at radius 3 is 2.78 bits per heavy atom. The van der Waals surface area contributed by atoms with Gasteiger partial charge in [0, 0.05) is 11.6 Å². The van der Waals surface area contributed by atoms with Crippen LogP contribution in [0.4, 0.5) is 0 Å². The zero-order valence-electron chi connectivity index (χ0n) is 15.2. The molecule has 27 heavy (non-hydrogen) atoms. The minimum absolute atomic E-state index is 0.0285. The molecule has 1 unspecified atom stereocenters. The fourth-order valence-electron chi connectivity index (χ4n) is 2.58. The monoisotopic (exact) mass is 400 g/mol. The molecule has 0 spiro atoms. The Labute approximate surface area is 168 Å². The first-order chi connectivity index (χ1) is 13.0. The number of hydrogen-bond donors (Lipinski definition) is 1. The number of nitrogens with one attached hydrogen (secondary N) is 1. The summed E-state index contributed by atoms with van der Waals surface area (Å²) in [4.78, 5) is 12.2. The Morgan fingerprint density at radius 1 is 1.26 bits per heavy atom. The predicted octanol–water partition coefficient (Wildman–Crippen LogP) is 4.24. The van der Waals surface area contributed by atoms with Crippen molar-refractivity contribution in [3.8, 4) is 5.69 Å². The number of rotatable bonds is 7. The quantitative estimate of drug-likeness (QED) is 0.602. The van der Waals surface area contributed by atoms with E-state index in [2.05, 4.69) is 34.6 Å². The maximum absolute atomic E-state index is 12.2. The Kier molecular flexibility index (Phi) is 6.53. The third-order valence-electron chi connectivity index (χ3n) is 4.26. The van der Waals surface area contributed by atoms with Crippen molar-refractivity contribution in [2.24, 2.45) is 0 Å². The number of aromatic nitrogens is 3. The number of nitrogens with zero attached hydrogens (tertiary/aromatic N) is 3. The van der Waals surface area contributed by atoms with Gasteiger partial charge in [0.15, 0.2) is 5.16 Å². The molecular formula is C20H21ClN4OS. The number of carbonyl (C=O) groups excluding carboxylic acids is 1. The lowest BCUT2D eigenvalue weighted by Gasteiger charge is -2.13. The smallest absolute Gasteiger partial charge is 0.230 e. The summed E-state index contributed by atoms with van der Waals surface area (Å²) in [5.41, 5.74) is 3.09. The van der Waals surface area contributed by atoms with Crippen molar-refractivity contribution < 1.29 is 4.79 Å². The van der Waals surface area contributed by atoms with E-state index in [1.165, 1.54) is 17.3 Å². The Hall–Kier alpha value is -2.31. The molecule has 0 bridgehead atoms. The van der Waals surface area contributed by atoms with E-state index in [0.29, 0.717) is 16.7 Å². The Bertz CT molecular complexity index is 913. The van der Waals surface area contributed by atoms with Crippen molar-refractivity contribution >= 4 is 29.3 Å². The number of aryl methyl sites for hydroxylation is 1. The van der Waals surface area contributed by atoms with Gasteiger partial charge in [-0.05, 0) is 36.1 Å². The van der Waals surface area contributed by atoms with Crippen molar-refractivity contribution in [2.75, 3.05) is 12.3 Å². The van der Waals surface area contributed by atoms with Crippen molar-refractivity contribution in [3.05, 3.63) is 71.0 Å². The first-order valence-electron chi connectivity index (χ1n) is 8.65. The van der Waals surface area contributed by atoms with Crippen LogP contribution in [0.25, 0.3) is 5.69 Å². The SMILES string of the molecule is Cc1ccc(-n2cnnc2SCC(=O)NCC(C)c2ccccc2)cc1Cl. The zero-order valence-corrected chi connectivity index (χ0v) is 16.8. The van der Waals surface area contributed by atoms with Crippen LogP contribution < -0.4 is 5.32 Å². The molecule has 1 heterocycles. The number of amides is 1. The molecule has 5 nitrogen and oxygen atoms in total. The normalized spacial score (nSPS) is 12.0.